The molecule has 3 heteroatoms. The Morgan fingerprint density at radius 2 is 1.42 bits per heavy atom. The first-order valence-electron chi connectivity index (χ1n) is 7.95. The predicted molar refractivity (Wildman–Crippen MR) is 71.5 cm³/mol. The lowest BCUT2D eigenvalue weighted by Crippen LogP contribution is -2.56. The highest BCUT2D eigenvalue weighted by molar-refractivity contribution is 5.03. The molecule has 0 aromatic rings. The fraction of sp³-hybridized carbons (Fsp3) is 1.00. The van der Waals surface area contributed by atoms with Crippen LogP contribution in [-0.2, 0) is 9.47 Å². The quantitative estimate of drug-likeness (QED) is 0.835. The molecular weight excluding hydrogens is 240 g/mol. The largest absolute Gasteiger partial charge is 0.396 e. The molecule has 0 atom stereocenters. The average molecular weight is 266 g/mol. The van der Waals surface area contributed by atoms with Crippen molar-refractivity contribution in [3.63, 3.8) is 0 Å². The third-order valence-electron chi connectivity index (χ3n) is 6.13. The summed E-state index contributed by atoms with van der Waals surface area (Å²) in [5.74, 6) is 2.80. The second kappa shape index (κ2) is 4.19. The van der Waals surface area contributed by atoms with Gasteiger partial charge in [-0.15, -0.1) is 0 Å². The normalized spacial score (nSPS) is 56.5. The van der Waals surface area contributed by atoms with Gasteiger partial charge in [0, 0.05) is 10.8 Å². The summed E-state index contributed by atoms with van der Waals surface area (Å²) in [6, 6.07) is 0. The molecule has 0 aromatic heterocycles. The monoisotopic (exact) mass is 266 g/mol. The fourth-order valence-electron chi connectivity index (χ4n) is 5.55. The van der Waals surface area contributed by atoms with Gasteiger partial charge in [0.15, 0.2) is 6.29 Å². The van der Waals surface area contributed by atoms with E-state index in [4.69, 9.17) is 9.47 Å². The van der Waals surface area contributed by atoms with Crippen LogP contribution in [0.4, 0.5) is 0 Å². The average Bonchev–Trinajstić information content (AvgIpc) is 2.38. The van der Waals surface area contributed by atoms with Crippen molar-refractivity contribution in [2.75, 3.05) is 19.8 Å². The van der Waals surface area contributed by atoms with E-state index >= 15 is 0 Å². The molecule has 1 N–H and O–H groups in total. The van der Waals surface area contributed by atoms with Crippen molar-refractivity contribution < 1.29 is 14.6 Å². The molecule has 5 rings (SSSR count). The van der Waals surface area contributed by atoms with Crippen LogP contribution in [0.5, 0.6) is 0 Å². The summed E-state index contributed by atoms with van der Waals surface area (Å²) in [5.41, 5.74) is 0.115. The SMILES string of the molecule is CC1(CO)COC(C23CC4CC(CC(C4)C2)C3)OC1. The summed E-state index contributed by atoms with van der Waals surface area (Å²) in [4.78, 5) is 0. The van der Waals surface area contributed by atoms with Gasteiger partial charge in [-0.25, -0.2) is 0 Å². The lowest BCUT2D eigenvalue weighted by atomic mass is 9.49. The van der Waals surface area contributed by atoms with Crippen LogP contribution >= 0.6 is 0 Å². The number of aliphatic hydroxyl groups is 1. The first kappa shape index (κ1) is 12.6. The summed E-state index contributed by atoms with van der Waals surface area (Å²) in [5, 5.41) is 9.41. The Morgan fingerprint density at radius 1 is 0.947 bits per heavy atom. The maximum Gasteiger partial charge on any atom is 0.163 e. The minimum Gasteiger partial charge on any atom is -0.396 e. The Hall–Kier alpha value is -0.120. The molecule has 0 radical (unpaired) electrons. The number of ether oxygens (including phenoxy) is 2. The van der Waals surface area contributed by atoms with Crippen molar-refractivity contribution in [2.45, 2.75) is 51.7 Å². The second-order valence-electron chi connectivity index (χ2n) is 8.20. The van der Waals surface area contributed by atoms with Crippen LogP contribution in [0.15, 0.2) is 0 Å². The summed E-state index contributed by atoms with van der Waals surface area (Å²) in [6.07, 6.45) is 8.33. The van der Waals surface area contributed by atoms with Gasteiger partial charge in [-0.2, -0.15) is 0 Å². The van der Waals surface area contributed by atoms with Crippen molar-refractivity contribution in [3.05, 3.63) is 0 Å². The van der Waals surface area contributed by atoms with Crippen molar-refractivity contribution in [3.8, 4) is 0 Å². The van der Waals surface area contributed by atoms with Crippen LogP contribution in [0, 0.1) is 28.6 Å². The van der Waals surface area contributed by atoms with Crippen LogP contribution in [0.25, 0.3) is 0 Å². The predicted octanol–water partition coefficient (Wildman–Crippen LogP) is 2.57. The summed E-state index contributed by atoms with van der Waals surface area (Å²) >= 11 is 0. The zero-order valence-corrected chi connectivity index (χ0v) is 11.9. The fourth-order valence-corrected chi connectivity index (χ4v) is 5.55. The van der Waals surface area contributed by atoms with Gasteiger partial charge in [0.25, 0.3) is 0 Å². The molecule has 0 amide bonds. The molecule has 4 saturated carbocycles. The van der Waals surface area contributed by atoms with Gasteiger partial charge < -0.3 is 14.6 Å². The first-order valence-corrected chi connectivity index (χ1v) is 7.95. The van der Waals surface area contributed by atoms with Crippen molar-refractivity contribution in [1.82, 2.24) is 0 Å². The molecule has 5 aliphatic rings. The van der Waals surface area contributed by atoms with Crippen molar-refractivity contribution >= 4 is 0 Å². The molecule has 1 aliphatic heterocycles. The molecule has 5 fully saturated rings. The lowest BCUT2D eigenvalue weighted by Gasteiger charge is -2.59. The molecule has 108 valence electrons. The highest BCUT2D eigenvalue weighted by Gasteiger charge is 2.56. The standard InChI is InChI=1S/C16H26O3/c1-15(8-17)9-18-14(19-10-15)16-5-11-2-12(6-16)4-13(3-11)7-16/h11-14,17H,2-10H2,1H3. The van der Waals surface area contributed by atoms with Crippen molar-refractivity contribution in [2.24, 2.45) is 28.6 Å². The highest BCUT2D eigenvalue weighted by Crippen LogP contribution is 2.62. The molecule has 3 nitrogen and oxygen atoms in total. The van der Waals surface area contributed by atoms with E-state index in [0.717, 1.165) is 17.8 Å². The molecular formula is C16H26O3. The lowest BCUT2D eigenvalue weighted by molar-refractivity contribution is -0.302. The summed E-state index contributed by atoms with van der Waals surface area (Å²) < 4.78 is 12.2. The molecule has 19 heavy (non-hydrogen) atoms. The summed E-state index contributed by atoms with van der Waals surface area (Å²) in [6.45, 7) is 3.50. The third kappa shape index (κ3) is 1.97. The molecule has 1 saturated heterocycles. The van der Waals surface area contributed by atoms with Gasteiger partial charge in [-0.1, -0.05) is 6.92 Å². The Labute approximate surface area is 115 Å². The molecule has 1 heterocycles. The minimum absolute atomic E-state index is 0.000486. The van der Waals surface area contributed by atoms with Gasteiger partial charge >= 0.3 is 0 Å². The number of hydrogen-bond acceptors (Lipinski definition) is 3. The van der Waals surface area contributed by atoms with E-state index in [0.29, 0.717) is 18.6 Å². The van der Waals surface area contributed by atoms with E-state index in [-0.39, 0.29) is 18.3 Å². The first-order chi connectivity index (χ1) is 9.11. The third-order valence-corrected chi connectivity index (χ3v) is 6.13. The van der Waals surface area contributed by atoms with E-state index in [1.165, 1.54) is 38.5 Å². The van der Waals surface area contributed by atoms with Crippen LogP contribution in [0.1, 0.15) is 45.4 Å². The van der Waals surface area contributed by atoms with Crippen LogP contribution < -0.4 is 0 Å². The number of hydrogen-bond donors (Lipinski definition) is 1. The van der Waals surface area contributed by atoms with E-state index in [1.54, 1.807) is 0 Å². The maximum atomic E-state index is 9.41. The molecule has 4 bridgehead atoms. The van der Waals surface area contributed by atoms with Gasteiger partial charge in [-0.05, 0) is 56.3 Å². The Morgan fingerprint density at radius 3 is 1.84 bits per heavy atom. The molecule has 0 unspecified atom stereocenters. The van der Waals surface area contributed by atoms with E-state index in [2.05, 4.69) is 0 Å². The maximum absolute atomic E-state index is 9.41. The topological polar surface area (TPSA) is 38.7 Å². The molecule has 4 aliphatic carbocycles. The van der Waals surface area contributed by atoms with Gasteiger partial charge in [0.1, 0.15) is 0 Å². The van der Waals surface area contributed by atoms with E-state index < -0.39 is 0 Å². The number of aliphatic hydroxyl groups excluding tert-OH is 1. The highest BCUT2D eigenvalue weighted by atomic mass is 16.7. The zero-order chi connectivity index (χ0) is 13.1. The van der Waals surface area contributed by atoms with Gasteiger partial charge in [0.05, 0.1) is 19.8 Å². The second-order valence-corrected chi connectivity index (χ2v) is 8.20. The van der Waals surface area contributed by atoms with Crippen molar-refractivity contribution in [1.29, 1.82) is 0 Å². The zero-order valence-electron chi connectivity index (χ0n) is 11.9. The molecule has 0 aromatic carbocycles. The minimum atomic E-state index is -0.196. The van der Waals surface area contributed by atoms with E-state index in [1.807, 2.05) is 6.92 Å². The van der Waals surface area contributed by atoms with E-state index in [9.17, 15) is 5.11 Å². The van der Waals surface area contributed by atoms with Crippen LogP contribution in [-0.4, -0.2) is 31.2 Å². The Kier molecular flexibility index (Phi) is 2.78. The van der Waals surface area contributed by atoms with Crippen LogP contribution in [0.2, 0.25) is 0 Å². The number of rotatable bonds is 2. The Bertz CT molecular complexity index is 322. The summed E-state index contributed by atoms with van der Waals surface area (Å²) in [7, 11) is 0. The van der Waals surface area contributed by atoms with Gasteiger partial charge in [0.2, 0.25) is 0 Å². The smallest absolute Gasteiger partial charge is 0.163 e. The van der Waals surface area contributed by atoms with Crippen LogP contribution in [0.3, 0.4) is 0 Å². The Balaban J connectivity index is 1.51. The van der Waals surface area contributed by atoms with Gasteiger partial charge in [-0.3, -0.25) is 0 Å². The molecule has 0 spiro atoms.